The molecule has 0 aliphatic heterocycles. The Balaban J connectivity index is 0.000000197. The normalized spacial score (nSPS) is 40.6. The molecule has 6 rings (SSSR count). The van der Waals surface area contributed by atoms with E-state index in [2.05, 4.69) is 41.5 Å². The van der Waals surface area contributed by atoms with Gasteiger partial charge < -0.3 is 41.8 Å². The van der Waals surface area contributed by atoms with E-state index in [1.54, 1.807) is 0 Å². The van der Waals surface area contributed by atoms with E-state index in [9.17, 15) is 14.7 Å². The topological polar surface area (TPSA) is 125 Å². The van der Waals surface area contributed by atoms with Gasteiger partial charge in [0.25, 0.3) is 0 Å². The minimum absolute atomic E-state index is 0. The summed E-state index contributed by atoms with van der Waals surface area (Å²) in [5.74, 6) is 4.25. The first kappa shape index (κ1) is 45.1. The summed E-state index contributed by atoms with van der Waals surface area (Å²) < 4.78 is 32.8. The van der Waals surface area contributed by atoms with Gasteiger partial charge in [0.05, 0.1) is 62.4 Å². The first-order valence-electron chi connectivity index (χ1n) is 19.3. The largest absolute Gasteiger partial charge is 3.00 e. The van der Waals surface area contributed by atoms with E-state index in [0.29, 0.717) is 35.5 Å². The van der Waals surface area contributed by atoms with Crippen LogP contribution in [0.15, 0.2) is 0 Å². The molecule has 0 heterocycles. The second kappa shape index (κ2) is 23.6. The molecule has 12 unspecified atom stereocenters. The predicted molar refractivity (Wildman–Crippen MR) is 194 cm³/mol. The van der Waals surface area contributed by atoms with E-state index in [1.165, 1.54) is 38.5 Å². The molecule has 0 bridgehead atoms. The number of hydrogen-bond donors (Lipinski definition) is 0. The monoisotopic (exact) mass is 856 g/mol. The Bertz CT molecular complexity index is 723. The molecule has 0 saturated heterocycles. The van der Waals surface area contributed by atoms with E-state index in [4.69, 9.17) is 27.1 Å². The average Bonchev–Trinajstić information content (AvgIpc) is 3.87. The van der Waals surface area contributed by atoms with Gasteiger partial charge in [-0.3, -0.25) is 0 Å². The van der Waals surface area contributed by atoms with Gasteiger partial charge in [-0.1, -0.05) is 41.5 Å². The van der Waals surface area contributed by atoms with Crippen molar-refractivity contribution in [1.82, 2.24) is 0 Å². The smallest absolute Gasteiger partial charge is 0.786 e. The maximum atomic E-state index is 11.7. The van der Waals surface area contributed by atoms with E-state index >= 15 is 0 Å². The summed E-state index contributed by atoms with van der Waals surface area (Å²) in [6, 6.07) is 0. The average molecular weight is 858 g/mol. The van der Waals surface area contributed by atoms with Gasteiger partial charge in [0.2, 0.25) is 0 Å². The Morgan fingerprint density at radius 1 is 0.306 bits per heavy atom. The first-order valence-corrected chi connectivity index (χ1v) is 22.6. The van der Waals surface area contributed by atoms with Crippen molar-refractivity contribution in [1.29, 1.82) is 0 Å². The van der Waals surface area contributed by atoms with Crippen LogP contribution in [0.4, 0.5) is 0 Å². The third kappa shape index (κ3) is 17.8. The molecule has 6 aliphatic rings. The van der Waals surface area contributed by atoms with Gasteiger partial charge in [-0.2, -0.15) is 0 Å². The van der Waals surface area contributed by atoms with Gasteiger partial charge >= 0.3 is 24.4 Å². The van der Waals surface area contributed by atoms with Crippen LogP contribution in [0.1, 0.15) is 157 Å². The Morgan fingerprint density at radius 3 is 0.551 bits per heavy atom. The zero-order chi connectivity index (χ0) is 34.6. The van der Waals surface area contributed by atoms with Gasteiger partial charge in [-0.25, -0.2) is 0 Å². The molecule has 2 radical (unpaired) electrons. The van der Waals surface area contributed by atoms with Gasteiger partial charge in [-0.05, 0) is 151 Å². The van der Waals surface area contributed by atoms with Crippen LogP contribution in [0, 0.1) is 35.5 Å². The molecule has 6 fully saturated rings. The zero-order valence-corrected chi connectivity index (χ0v) is 36.4. The van der Waals surface area contributed by atoms with Crippen molar-refractivity contribution in [3.8, 4) is 0 Å². The van der Waals surface area contributed by atoms with Crippen molar-refractivity contribution in [2.45, 2.75) is 194 Å². The van der Waals surface area contributed by atoms with E-state index in [0.717, 1.165) is 77.0 Å². The Hall–Kier alpha value is 1.75. The van der Waals surface area contributed by atoms with E-state index in [1.807, 2.05) is 0 Å². The molecule has 0 aromatic heterocycles. The van der Waals surface area contributed by atoms with Gasteiger partial charge in [0, 0.05) is 0 Å². The summed E-state index contributed by atoms with van der Waals surface area (Å²) >= 11 is 0. The first-order chi connectivity index (χ1) is 22.9. The van der Waals surface area contributed by atoms with Crippen molar-refractivity contribution in [3.63, 3.8) is 0 Å². The van der Waals surface area contributed by atoms with Crippen LogP contribution in [0.25, 0.3) is 0 Å². The minimum atomic E-state index is -1.89. The molecule has 0 spiro atoms. The maximum Gasteiger partial charge on any atom is 3.00 e. The molecular formula is C36H66O9P3Sb. The summed E-state index contributed by atoms with van der Waals surface area (Å²) in [7, 11) is -5.67. The standard InChI is InChI=1S/3C12H22O3P.Sb/c3*1-9-3-5-11(7-9)14-16(13)15-12-6-4-10(2)8-12;/h3*9-12H,3-8H2,1-2H3;/q3*-1;+3. The molecule has 9 nitrogen and oxygen atoms in total. The Kier molecular flexibility index (Phi) is 21.8. The summed E-state index contributed by atoms with van der Waals surface area (Å²) in [6.45, 7) is 13.3. The third-order valence-corrected chi connectivity index (χ3v) is 14.1. The van der Waals surface area contributed by atoms with Crippen molar-refractivity contribution in [2.75, 3.05) is 0 Å². The van der Waals surface area contributed by atoms with Gasteiger partial charge in [-0.15, -0.1) is 0 Å². The second-order valence-electron chi connectivity index (χ2n) is 16.5. The summed E-state index contributed by atoms with van der Waals surface area (Å²) in [6.07, 6.45) is 20.5. The molecule has 0 N–H and O–H groups in total. The Labute approximate surface area is 319 Å². The number of hydrogen-bond acceptors (Lipinski definition) is 9. The summed E-state index contributed by atoms with van der Waals surface area (Å²) in [5.41, 5.74) is 0. The second-order valence-corrected chi connectivity index (χ2v) is 19.2. The SMILES string of the molecule is CC1CCC(OP([O-])OC2CCC(C)C2)C1.CC1CCC(OP([O-])OC2CCC(C)C2)C1.CC1CCC(OP([O-])OC2CCC(C)C2)C1.[Sb+3]. The molecule has 13 heteroatoms. The van der Waals surface area contributed by atoms with Crippen LogP contribution < -0.4 is 14.7 Å². The fourth-order valence-corrected chi connectivity index (χ4v) is 11.1. The molecule has 0 aromatic carbocycles. The fraction of sp³-hybridized carbons (Fsp3) is 1.00. The predicted octanol–water partition coefficient (Wildman–Crippen LogP) is 8.57. The van der Waals surface area contributed by atoms with Crippen LogP contribution in [-0.2, 0) is 27.1 Å². The van der Waals surface area contributed by atoms with Crippen LogP contribution in [0.5, 0.6) is 0 Å². The van der Waals surface area contributed by atoms with Crippen LogP contribution in [-0.4, -0.2) is 61.1 Å². The zero-order valence-electron chi connectivity index (χ0n) is 31.1. The molecular weight excluding hydrogens is 791 g/mol. The molecule has 49 heavy (non-hydrogen) atoms. The third-order valence-electron chi connectivity index (χ3n) is 11.3. The van der Waals surface area contributed by atoms with E-state index in [-0.39, 0.29) is 61.1 Å². The summed E-state index contributed by atoms with van der Waals surface area (Å²) in [5, 5.41) is 0. The summed E-state index contributed by atoms with van der Waals surface area (Å²) in [4.78, 5) is 35.0. The van der Waals surface area contributed by atoms with Crippen LogP contribution >= 0.6 is 25.8 Å². The van der Waals surface area contributed by atoms with E-state index < -0.39 is 25.8 Å². The molecule has 6 saturated carbocycles. The maximum absolute atomic E-state index is 11.7. The van der Waals surface area contributed by atoms with Gasteiger partial charge in [0.15, 0.2) is 0 Å². The molecule has 284 valence electrons. The number of rotatable bonds is 12. The molecule has 6 aliphatic carbocycles. The minimum Gasteiger partial charge on any atom is -0.786 e. The Morgan fingerprint density at radius 2 is 0.449 bits per heavy atom. The quantitative estimate of drug-likeness (QED) is 0.140. The molecule has 12 atom stereocenters. The van der Waals surface area contributed by atoms with Crippen molar-refractivity contribution < 1.29 is 41.8 Å². The fourth-order valence-electron chi connectivity index (χ4n) is 8.31. The van der Waals surface area contributed by atoms with Crippen LogP contribution in [0.2, 0.25) is 0 Å². The van der Waals surface area contributed by atoms with Crippen molar-refractivity contribution in [3.05, 3.63) is 0 Å². The molecule has 0 aromatic rings. The van der Waals surface area contributed by atoms with Crippen LogP contribution in [0.3, 0.4) is 0 Å². The van der Waals surface area contributed by atoms with Crippen molar-refractivity contribution in [2.24, 2.45) is 35.5 Å². The van der Waals surface area contributed by atoms with Gasteiger partial charge in [0.1, 0.15) is 0 Å². The molecule has 0 amide bonds. The van der Waals surface area contributed by atoms with Crippen molar-refractivity contribution >= 4 is 50.2 Å².